The van der Waals surface area contributed by atoms with Gasteiger partial charge in [-0.15, -0.1) is 0 Å². The van der Waals surface area contributed by atoms with Crippen LogP contribution in [0.5, 0.6) is 11.5 Å². The molecule has 0 saturated carbocycles. The number of rotatable bonds is 5. The molecule has 21 heavy (non-hydrogen) atoms. The molecular weight excluding hydrogens is 262 g/mol. The van der Waals surface area contributed by atoms with Gasteiger partial charge in [0.1, 0.15) is 11.5 Å². The van der Waals surface area contributed by atoms with Crippen molar-refractivity contribution < 1.29 is 9.47 Å². The summed E-state index contributed by atoms with van der Waals surface area (Å²) < 4.78 is 11.8. The van der Waals surface area contributed by atoms with Crippen molar-refractivity contribution in [3.05, 3.63) is 59.7 Å². The van der Waals surface area contributed by atoms with Crippen molar-refractivity contribution in [1.29, 1.82) is 0 Å². The van der Waals surface area contributed by atoms with Gasteiger partial charge in [-0.2, -0.15) is 0 Å². The van der Waals surface area contributed by atoms with Crippen LogP contribution >= 0.6 is 0 Å². The summed E-state index contributed by atoms with van der Waals surface area (Å²) in [6.07, 6.45) is 0. The molecule has 2 aromatic rings. The van der Waals surface area contributed by atoms with Crippen molar-refractivity contribution in [1.82, 2.24) is 5.32 Å². The van der Waals surface area contributed by atoms with Gasteiger partial charge in [-0.1, -0.05) is 36.4 Å². The minimum absolute atomic E-state index is 0.272. The Balaban J connectivity index is 1.72. The lowest BCUT2D eigenvalue weighted by atomic mass is 10.0. The lowest BCUT2D eigenvalue weighted by Gasteiger charge is -2.18. The summed E-state index contributed by atoms with van der Waals surface area (Å²) in [5, 5.41) is 3.26. The quantitative estimate of drug-likeness (QED) is 0.910. The summed E-state index contributed by atoms with van der Waals surface area (Å²) >= 11 is 0. The van der Waals surface area contributed by atoms with Gasteiger partial charge in [0.15, 0.2) is 0 Å². The van der Waals surface area contributed by atoms with Crippen molar-refractivity contribution >= 4 is 0 Å². The molecular formula is C18H21NO2. The summed E-state index contributed by atoms with van der Waals surface area (Å²) in [5.41, 5.74) is 2.43. The minimum Gasteiger partial charge on any atom is -0.493 e. The molecule has 0 bridgehead atoms. The second kappa shape index (κ2) is 6.19. The third-order valence-electron chi connectivity index (χ3n) is 4.06. The zero-order valence-electron chi connectivity index (χ0n) is 12.5. The van der Waals surface area contributed by atoms with Crippen LogP contribution in [0.25, 0.3) is 0 Å². The molecule has 3 heteroatoms. The highest BCUT2D eigenvalue weighted by Crippen LogP contribution is 2.34. The molecule has 2 atom stereocenters. The molecule has 0 amide bonds. The monoisotopic (exact) mass is 283 g/mol. The zero-order valence-corrected chi connectivity index (χ0v) is 12.5. The molecule has 2 aromatic carbocycles. The van der Waals surface area contributed by atoms with Gasteiger partial charge >= 0.3 is 0 Å². The summed E-state index contributed by atoms with van der Waals surface area (Å²) in [6.45, 7) is 3.48. The highest BCUT2D eigenvalue weighted by atomic mass is 16.5. The van der Waals surface area contributed by atoms with Crippen LogP contribution in [0.2, 0.25) is 0 Å². The Bertz CT molecular complexity index is 612. The Labute approximate surface area is 125 Å². The maximum Gasteiger partial charge on any atom is 0.124 e. The number of hydrogen-bond donors (Lipinski definition) is 1. The van der Waals surface area contributed by atoms with Gasteiger partial charge < -0.3 is 14.8 Å². The first-order valence-electron chi connectivity index (χ1n) is 7.40. The van der Waals surface area contributed by atoms with Gasteiger partial charge in [-0.05, 0) is 26.1 Å². The molecule has 3 nitrogen and oxygen atoms in total. The average Bonchev–Trinajstić information content (AvgIpc) is 2.96. The maximum atomic E-state index is 6.08. The lowest BCUT2D eigenvalue weighted by Crippen LogP contribution is -2.16. The molecule has 1 N–H and O–H groups in total. The van der Waals surface area contributed by atoms with Crippen LogP contribution in [0, 0.1) is 0 Å². The predicted molar refractivity (Wildman–Crippen MR) is 84.1 cm³/mol. The predicted octanol–water partition coefficient (Wildman–Crippen LogP) is 3.52. The van der Waals surface area contributed by atoms with Crippen LogP contribution in [0.4, 0.5) is 0 Å². The number of nitrogens with one attached hydrogen (secondary N) is 1. The normalized spacial score (nSPS) is 17.9. The number of ether oxygens (including phenoxy) is 2. The first-order valence-corrected chi connectivity index (χ1v) is 7.40. The van der Waals surface area contributed by atoms with E-state index < -0.39 is 0 Å². The molecule has 1 aliphatic heterocycles. The standard InChI is InChI=1S/C18H21NO2/c1-13(19-2)15-7-3-5-9-17(15)20-11-14-12-21-18-10-6-4-8-16(14)18/h3-10,13-14,19H,11-12H2,1-2H3. The van der Waals surface area contributed by atoms with E-state index in [0.29, 0.717) is 19.1 Å². The molecule has 2 unspecified atom stereocenters. The van der Waals surface area contributed by atoms with E-state index in [0.717, 1.165) is 11.5 Å². The molecule has 0 aliphatic carbocycles. The molecule has 1 heterocycles. The smallest absolute Gasteiger partial charge is 0.124 e. The van der Waals surface area contributed by atoms with Gasteiger partial charge in [0.25, 0.3) is 0 Å². The van der Waals surface area contributed by atoms with E-state index >= 15 is 0 Å². The Morgan fingerprint density at radius 2 is 1.95 bits per heavy atom. The van der Waals surface area contributed by atoms with E-state index in [1.54, 1.807) is 0 Å². The minimum atomic E-state index is 0.272. The maximum absolute atomic E-state index is 6.08. The molecule has 0 fully saturated rings. The Hall–Kier alpha value is -2.00. The molecule has 0 saturated heterocycles. The first kappa shape index (κ1) is 14.0. The van der Waals surface area contributed by atoms with Crippen molar-refractivity contribution in [3.63, 3.8) is 0 Å². The summed E-state index contributed by atoms with van der Waals surface area (Å²) in [4.78, 5) is 0. The summed E-state index contributed by atoms with van der Waals surface area (Å²) in [6, 6.07) is 16.7. The second-order valence-electron chi connectivity index (χ2n) is 5.40. The van der Waals surface area contributed by atoms with E-state index in [-0.39, 0.29) is 6.04 Å². The molecule has 0 spiro atoms. The Kier molecular flexibility index (Phi) is 4.11. The van der Waals surface area contributed by atoms with Crippen LogP contribution in [0.1, 0.15) is 30.0 Å². The zero-order chi connectivity index (χ0) is 14.7. The highest BCUT2D eigenvalue weighted by molar-refractivity contribution is 5.40. The number of fused-ring (bicyclic) bond motifs is 1. The second-order valence-corrected chi connectivity index (χ2v) is 5.40. The van der Waals surface area contributed by atoms with E-state index in [1.165, 1.54) is 11.1 Å². The Morgan fingerprint density at radius 1 is 1.19 bits per heavy atom. The van der Waals surface area contributed by atoms with Crippen molar-refractivity contribution in [3.8, 4) is 11.5 Å². The molecule has 1 aliphatic rings. The summed E-state index contributed by atoms with van der Waals surface area (Å²) in [5.74, 6) is 2.24. The van der Waals surface area contributed by atoms with Crippen molar-refractivity contribution in [2.75, 3.05) is 20.3 Å². The average molecular weight is 283 g/mol. The SMILES string of the molecule is CNC(C)c1ccccc1OCC1COc2ccccc21. The fourth-order valence-corrected chi connectivity index (χ4v) is 2.68. The van der Waals surface area contributed by atoms with E-state index in [4.69, 9.17) is 9.47 Å². The van der Waals surface area contributed by atoms with Gasteiger partial charge in [-0.3, -0.25) is 0 Å². The van der Waals surface area contributed by atoms with Crippen LogP contribution in [0.15, 0.2) is 48.5 Å². The first-order chi connectivity index (χ1) is 10.3. The van der Waals surface area contributed by atoms with Crippen LogP contribution in [-0.4, -0.2) is 20.3 Å². The molecule has 0 aromatic heterocycles. The highest BCUT2D eigenvalue weighted by Gasteiger charge is 2.24. The van der Waals surface area contributed by atoms with E-state index in [2.05, 4.69) is 30.4 Å². The largest absolute Gasteiger partial charge is 0.493 e. The third-order valence-corrected chi connectivity index (χ3v) is 4.06. The van der Waals surface area contributed by atoms with Crippen LogP contribution in [-0.2, 0) is 0 Å². The number of benzene rings is 2. The third kappa shape index (κ3) is 2.88. The van der Waals surface area contributed by atoms with E-state index in [1.807, 2.05) is 37.4 Å². The van der Waals surface area contributed by atoms with Gasteiger partial charge in [0, 0.05) is 17.2 Å². The molecule has 110 valence electrons. The number of para-hydroxylation sites is 2. The van der Waals surface area contributed by atoms with Gasteiger partial charge in [0.2, 0.25) is 0 Å². The van der Waals surface area contributed by atoms with Crippen LogP contribution in [0.3, 0.4) is 0 Å². The fourth-order valence-electron chi connectivity index (χ4n) is 2.68. The van der Waals surface area contributed by atoms with Gasteiger partial charge in [0.05, 0.1) is 19.1 Å². The van der Waals surface area contributed by atoms with Gasteiger partial charge in [-0.25, -0.2) is 0 Å². The van der Waals surface area contributed by atoms with Crippen molar-refractivity contribution in [2.24, 2.45) is 0 Å². The number of hydrogen-bond acceptors (Lipinski definition) is 3. The topological polar surface area (TPSA) is 30.5 Å². The molecule has 3 rings (SSSR count). The van der Waals surface area contributed by atoms with Crippen LogP contribution < -0.4 is 14.8 Å². The van der Waals surface area contributed by atoms with E-state index in [9.17, 15) is 0 Å². The summed E-state index contributed by atoms with van der Waals surface area (Å²) in [7, 11) is 1.96. The Morgan fingerprint density at radius 3 is 2.81 bits per heavy atom. The fraction of sp³-hybridized carbons (Fsp3) is 0.333. The lowest BCUT2D eigenvalue weighted by molar-refractivity contribution is 0.246. The molecule has 0 radical (unpaired) electrons. The van der Waals surface area contributed by atoms with Crippen molar-refractivity contribution in [2.45, 2.75) is 18.9 Å².